The van der Waals surface area contributed by atoms with Gasteiger partial charge in [0.15, 0.2) is 0 Å². The third kappa shape index (κ3) is 14.3. The quantitative estimate of drug-likeness (QED) is 0.523. The van der Waals surface area contributed by atoms with Gasteiger partial charge in [-0.3, -0.25) is 0 Å². The summed E-state index contributed by atoms with van der Waals surface area (Å²) in [5.41, 5.74) is 0.350. The summed E-state index contributed by atoms with van der Waals surface area (Å²) >= 11 is 0. The van der Waals surface area contributed by atoms with Gasteiger partial charge in [0.25, 0.3) is 0 Å². The maximum Gasteiger partial charge on any atom is 0.333 e. The molecule has 0 aromatic heterocycles. The zero-order chi connectivity index (χ0) is 14.6. The van der Waals surface area contributed by atoms with Crippen molar-refractivity contribution in [2.24, 2.45) is 0 Å². The molecular weight excluding hydrogens is 240 g/mol. The number of hydrogen-bond donors (Lipinski definition) is 2. The number of aliphatic hydroxyl groups excluding tert-OH is 2. The number of ether oxygens (including phenoxy) is 2. The highest BCUT2D eigenvalue weighted by molar-refractivity contribution is 5.86. The van der Waals surface area contributed by atoms with Gasteiger partial charge in [-0.1, -0.05) is 13.2 Å². The van der Waals surface area contributed by atoms with Crippen LogP contribution in [0, 0.1) is 0 Å². The van der Waals surface area contributed by atoms with Gasteiger partial charge >= 0.3 is 11.9 Å². The SMILES string of the molecule is C=C(C)C(=O)OCCO.C=CC(=O)OCC(C)O. The average molecular weight is 260 g/mol. The van der Waals surface area contributed by atoms with Gasteiger partial charge in [0, 0.05) is 11.6 Å². The summed E-state index contributed by atoms with van der Waals surface area (Å²) in [4.78, 5) is 20.7. The van der Waals surface area contributed by atoms with Crippen LogP contribution in [0.1, 0.15) is 13.8 Å². The Morgan fingerprint density at radius 3 is 2.28 bits per heavy atom. The maximum absolute atomic E-state index is 10.5. The van der Waals surface area contributed by atoms with Crippen LogP contribution in [-0.2, 0) is 19.1 Å². The Balaban J connectivity index is 0. The van der Waals surface area contributed by atoms with Crippen molar-refractivity contribution < 1.29 is 29.3 Å². The summed E-state index contributed by atoms with van der Waals surface area (Å²) in [7, 11) is 0. The van der Waals surface area contributed by atoms with Gasteiger partial charge < -0.3 is 19.7 Å². The van der Waals surface area contributed by atoms with Crippen molar-refractivity contribution in [1.82, 2.24) is 0 Å². The summed E-state index contributed by atoms with van der Waals surface area (Å²) in [6, 6.07) is 0. The molecule has 0 saturated heterocycles. The molecule has 6 heteroatoms. The number of aliphatic hydroxyl groups is 2. The molecule has 0 bridgehead atoms. The van der Waals surface area contributed by atoms with Crippen LogP contribution in [0.15, 0.2) is 24.8 Å². The van der Waals surface area contributed by atoms with E-state index in [1.54, 1.807) is 6.92 Å². The predicted molar refractivity (Wildman–Crippen MR) is 65.7 cm³/mol. The first kappa shape index (κ1) is 18.7. The second kappa shape index (κ2) is 11.8. The number of carbonyl (C=O) groups is 2. The average Bonchev–Trinajstić information content (AvgIpc) is 2.33. The van der Waals surface area contributed by atoms with Gasteiger partial charge in [0.2, 0.25) is 0 Å². The molecule has 2 N–H and O–H groups in total. The lowest BCUT2D eigenvalue weighted by Gasteiger charge is -2.02. The summed E-state index contributed by atoms with van der Waals surface area (Å²) in [6.07, 6.45) is 0.455. The fraction of sp³-hybridized carbons (Fsp3) is 0.500. The van der Waals surface area contributed by atoms with Crippen LogP contribution in [-0.4, -0.2) is 48.1 Å². The smallest absolute Gasteiger partial charge is 0.333 e. The number of esters is 2. The molecule has 0 aromatic carbocycles. The van der Waals surface area contributed by atoms with Gasteiger partial charge in [-0.15, -0.1) is 0 Å². The molecule has 0 rings (SSSR count). The summed E-state index contributed by atoms with van der Waals surface area (Å²) in [6.45, 7) is 9.57. The molecule has 0 aliphatic heterocycles. The molecule has 0 amide bonds. The highest BCUT2D eigenvalue weighted by atomic mass is 16.5. The molecule has 0 spiro atoms. The van der Waals surface area contributed by atoms with Crippen molar-refractivity contribution in [2.75, 3.05) is 19.8 Å². The molecule has 6 nitrogen and oxygen atoms in total. The van der Waals surface area contributed by atoms with Crippen LogP contribution in [0.5, 0.6) is 0 Å². The van der Waals surface area contributed by atoms with Gasteiger partial charge in [-0.05, 0) is 13.8 Å². The first-order chi connectivity index (χ1) is 8.34. The summed E-state index contributed by atoms with van der Waals surface area (Å²) in [5.74, 6) is -0.958. The Hall–Kier alpha value is -1.66. The van der Waals surface area contributed by atoms with Crippen molar-refractivity contribution in [1.29, 1.82) is 0 Å². The van der Waals surface area contributed by atoms with Crippen molar-refractivity contribution in [2.45, 2.75) is 20.0 Å². The minimum Gasteiger partial charge on any atom is -0.460 e. The maximum atomic E-state index is 10.5. The third-order valence-corrected chi connectivity index (χ3v) is 1.31. The fourth-order valence-electron chi connectivity index (χ4n) is 0.523. The van der Waals surface area contributed by atoms with E-state index >= 15 is 0 Å². The molecule has 104 valence electrons. The fourth-order valence-corrected chi connectivity index (χ4v) is 0.523. The Labute approximate surface area is 107 Å². The third-order valence-electron chi connectivity index (χ3n) is 1.31. The van der Waals surface area contributed by atoms with E-state index in [1.807, 2.05) is 0 Å². The topological polar surface area (TPSA) is 93.1 Å². The Bertz CT molecular complexity index is 282. The number of carbonyl (C=O) groups excluding carboxylic acids is 2. The largest absolute Gasteiger partial charge is 0.460 e. The highest BCUT2D eigenvalue weighted by Gasteiger charge is 2.00. The van der Waals surface area contributed by atoms with E-state index in [4.69, 9.17) is 10.2 Å². The Kier molecular flexibility index (Phi) is 12.3. The first-order valence-electron chi connectivity index (χ1n) is 5.25. The van der Waals surface area contributed by atoms with E-state index in [-0.39, 0.29) is 19.8 Å². The Morgan fingerprint density at radius 2 is 1.94 bits per heavy atom. The van der Waals surface area contributed by atoms with Gasteiger partial charge in [0.1, 0.15) is 13.2 Å². The van der Waals surface area contributed by atoms with E-state index in [0.717, 1.165) is 6.08 Å². The van der Waals surface area contributed by atoms with Gasteiger partial charge in [0.05, 0.1) is 12.7 Å². The van der Waals surface area contributed by atoms with Crippen molar-refractivity contribution >= 4 is 11.9 Å². The van der Waals surface area contributed by atoms with Crippen LogP contribution in [0.3, 0.4) is 0 Å². The molecule has 0 fully saturated rings. The van der Waals surface area contributed by atoms with E-state index < -0.39 is 18.0 Å². The zero-order valence-electron chi connectivity index (χ0n) is 10.7. The number of hydrogen-bond acceptors (Lipinski definition) is 6. The second-order valence-corrected chi connectivity index (χ2v) is 3.32. The first-order valence-corrected chi connectivity index (χ1v) is 5.25. The number of rotatable bonds is 6. The molecule has 1 atom stereocenters. The molecule has 0 radical (unpaired) electrons. The lowest BCUT2D eigenvalue weighted by atomic mass is 10.4. The van der Waals surface area contributed by atoms with Gasteiger partial charge in [-0.2, -0.15) is 0 Å². The minimum absolute atomic E-state index is 0.0326. The van der Waals surface area contributed by atoms with Crippen molar-refractivity contribution in [3.8, 4) is 0 Å². The zero-order valence-corrected chi connectivity index (χ0v) is 10.7. The summed E-state index contributed by atoms with van der Waals surface area (Å²) < 4.78 is 8.91. The van der Waals surface area contributed by atoms with E-state index in [0.29, 0.717) is 5.57 Å². The van der Waals surface area contributed by atoms with E-state index in [2.05, 4.69) is 22.6 Å². The van der Waals surface area contributed by atoms with Crippen LogP contribution in [0.4, 0.5) is 0 Å². The molecule has 18 heavy (non-hydrogen) atoms. The van der Waals surface area contributed by atoms with Crippen molar-refractivity contribution in [3.05, 3.63) is 24.8 Å². The monoisotopic (exact) mass is 260 g/mol. The minimum atomic E-state index is -0.603. The predicted octanol–water partition coefficient (Wildman–Crippen LogP) is 0.194. The summed E-state index contributed by atoms with van der Waals surface area (Å²) in [5, 5.41) is 16.8. The Morgan fingerprint density at radius 1 is 1.39 bits per heavy atom. The molecule has 0 heterocycles. The lowest BCUT2D eigenvalue weighted by Crippen LogP contribution is -2.13. The second-order valence-electron chi connectivity index (χ2n) is 3.32. The van der Waals surface area contributed by atoms with Crippen LogP contribution in [0.25, 0.3) is 0 Å². The van der Waals surface area contributed by atoms with E-state index in [1.165, 1.54) is 6.92 Å². The van der Waals surface area contributed by atoms with Crippen LogP contribution in [0.2, 0.25) is 0 Å². The van der Waals surface area contributed by atoms with Gasteiger partial charge in [-0.25, -0.2) is 9.59 Å². The molecule has 0 aromatic rings. The highest BCUT2D eigenvalue weighted by Crippen LogP contribution is 1.89. The molecule has 0 aliphatic rings. The van der Waals surface area contributed by atoms with Crippen LogP contribution >= 0.6 is 0 Å². The van der Waals surface area contributed by atoms with Crippen LogP contribution < -0.4 is 0 Å². The molecule has 1 unspecified atom stereocenters. The standard InChI is InChI=1S/2C6H10O3/c1-5(2)6(8)9-4-3-7;1-3-6(8)9-4-5(2)7/h7H,1,3-4H2,2H3;3,5,7H,1,4H2,2H3. The lowest BCUT2D eigenvalue weighted by molar-refractivity contribution is -0.140. The van der Waals surface area contributed by atoms with E-state index in [9.17, 15) is 9.59 Å². The normalized spacial score (nSPS) is 10.4. The molecule has 0 aliphatic carbocycles. The molecule has 0 saturated carbocycles. The molecular formula is C12H20O6. The van der Waals surface area contributed by atoms with Crippen molar-refractivity contribution in [3.63, 3.8) is 0 Å².